The number of carbonyl (C=O) groups is 3. The summed E-state index contributed by atoms with van der Waals surface area (Å²) in [6.45, 7) is 0.273. The molecule has 0 bridgehead atoms. The molecule has 3 aromatic rings. The van der Waals surface area contributed by atoms with Gasteiger partial charge in [0.25, 0.3) is 5.91 Å². The van der Waals surface area contributed by atoms with E-state index in [1.807, 2.05) is 36.4 Å². The summed E-state index contributed by atoms with van der Waals surface area (Å²) in [6.07, 6.45) is 0.489. The second-order valence-corrected chi connectivity index (χ2v) is 8.55. The predicted molar refractivity (Wildman–Crippen MR) is 125 cm³/mol. The number of fused-ring (bicyclic) bond motifs is 3. The Morgan fingerprint density at radius 1 is 1.06 bits per heavy atom. The third-order valence-corrected chi connectivity index (χ3v) is 6.20. The summed E-state index contributed by atoms with van der Waals surface area (Å²) in [5, 5.41) is 15.5. The van der Waals surface area contributed by atoms with Crippen molar-refractivity contribution < 1.29 is 29.0 Å². The van der Waals surface area contributed by atoms with Gasteiger partial charge >= 0.3 is 12.1 Å². The largest absolute Gasteiger partial charge is 0.480 e. The fourth-order valence-corrected chi connectivity index (χ4v) is 4.54. The van der Waals surface area contributed by atoms with Gasteiger partial charge in [-0.15, -0.1) is 0 Å². The molecule has 0 spiro atoms. The van der Waals surface area contributed by atoms with Gasteiger partial charge in [0.2, 0.25) is 0 Å². The first kappa shape index (κ1) is 22.6. The number of carbonyl (C=O) groups excluding carboxylic acids is 2. The first-order valence-corrected chi connectivity index (χ1v) is 11.2. The minimum Gasteiger partial charge on any atom is -0.480 e. The zero-order chi connectivity index (χ0) is 24.5. The highest BCUT2D eigenvalue weighted by atomic mass is 16.5. The van der Waals surface area contributed by atoms with Crippen molar-refractivity contribution in [2.75, 3.05) is 31.6 Å². The van der Waals surface area contributed by atoms with Gasteiger partial charge in [0, 0.05) is 32.3 Å². The molecule has 1 aliphatic carbocycles. The molecule has 0 saturated carbocycles. The van der Waals surface area contributed by atoms with E-state index >= 15 is 0 Å². The molecule has 0 radical (unpaired) electrons. The highest BCUT2D eigenvalue weighted by Gasteiger charge is 2.35. The first-order chi connectivity index (χ1) is 16.9. The minimum atomic E-state index is -1.06. The standard InChI is InChI=1S/C25H24N4O6/c1-28-12-20(24(32)29-10-15(11-29)34-14-22(30)31)23(27-28)26-25(33)35-13-21-18-8-4-2-6-16(18)17-7-3-5-9-19(17)21/h2-9,12,15,21H,10-11,13-14H2,1H3,(H,30,31)(H,26,27,33). The number of nitrogens with zero attached hydrogens (tertiary/aromatic N) is 3. The molecule has 1 aromatic heterocycles. The Hall–Kier alpha value is -4.18. The Bertz CT molecular complexity index is 1250. The predicted octanol–water partition coefficient (Wildman–Crippen LogP) is 2.71. The van der Waals surface area contributed by atoms with E-state index in [1.165, 1.54) is 15.8 Å². The van der Waals surface area contributed by atoms with Gasteiger partial charge < -0.3 is 19.5 Å². The molecule has 2 amide bonds. The maximum absolute atomic E-state index is 12.9. The Morgan fingerprint density at radius 2 is 1.69 bits per heavy atom. The summed E-state index contributed by atoms with van der Waals surface area (Å²) in [4.78, 5) is 37.7. The van der Waals surface area contributed by atoms with Crippen LogP contribution in [0.25, 0.3) is 11.1 Å². The number of hydrogen-bond acceptors (Lipinski definition) is 6. The van der Waals surface area contributed by atoms with Crippen molar-refractivity contribution in [2.24, 2.45) is 7.05 Å². The number of carboxylic acid groups (broad SMARTS) is 1. The van der Waals surface area contributed by atoms with Crippen molar-refractivity contribution in [1.82, 2.24) is 14.7 Å². The third-order valence-electron chi connectivity index (χ3n) is 6.20. The van der Waals surface area contributed by atoms with Crippen molar-refractivity contribution in [1.29, 1.82) is 0 Å². The molecule has 0 atom stereocenters. The number of benzene rings is 2. The van der Waals surface area contributed by atoms with E-state index in [4.69, 9.17) is 14.6 Å². The second kappa shape index (κ2) is 9.22. The van der Waals surface area contributed by atoms with E-state index in [9.17, 15) is 14.4 Å². The monoisotopic (exact) mass is 476 g/mol. The van der Waals surface area contributed by atoms with Crippen LogP contribution < -0.4 is 5.32 Å². The number of hydrogen-bond donors (Lipinski definition) is 2. The number of ether oxygens (including phenoxy) is 2. The Labute approximate surface area is 201 Å². The van der Waals surface area contributed by atoms with Gasteiger partial charge in [-0.3, -0.25) is 14.8 Å². The van der Waals surface area contributed by atoms with Gasteiger partial charge in [-0.2, -0.15) is 5.10 Å². The molecule has 1 saturated heterocycles. The van der Waals surface area contributed by atoms with Crippen LogP contribution in [0.1, 0.15) is 27.4 Å². The van der Waals surface area contributed by atoms with Crippen LogP contribution in [0.15, 0.2) is 54.7 Å². The molecule has 180 valence electrons. The van der Waals surface area contributed by atoms with Crippen LogP contribution in [0, 0.1) is 0 Å². The average Bonchev–Trinajstić information content (AvgIpc) is 3.33. The van der Waals surface area contributed by atoms with Crippen LogP contribution in [0.2, 0.25) is 0 Å². The molecule has 1 fully saturated rings. The number of aliphatic carboxylic acids is 1. The lowest BCUT2D eigenvalue weighted by atomic mass is 9.98. The Balaban J connectivity index is 1.22. The molecule has 2 N–H and O–H groups in total. The zero-order valence-corrected chi connectivity index (χ0v) is 19.0. The van der Waals surface area contributed by atoms with Crippen LogP contribution in [0.4, 0.5) is 10.6 Å². The van der Waals surface area contributed by atoms with Gasteiger partial charge in [-0.1, -0.05) is 48.5 Å². The van der Waals surface area contributed by atoms with Gasteiger partial charge in [0.1, 0.15) is 18.8 Å². The molecule has 2 aromatic carbocycles. The lowest BCUT2D eigenvalue weighted by Gasteiger charge is -2.38. The van der Waals surface area contributed by atoms with E-state index in [2.05, 4.69) is 22.5 Å². The average molecular weight is 476 g/mol. The van der Waals surface area contributed by atoms with E-state index in [0.717, 1.165) is 22.3 Å². The Kier molecular flexibility index (Phi) is 5.96. The van der Waals surface area contributed by atoms with Crippen LogP contribution in [-0.2, 0) is 21.3 Å². The number of rotatable bonds is 7. The molecule has 2 heterocycles. The highest BCUT2D eigenvalue weighted by molar-refractivity contribution is 6.01. The summed E-state index contributed by atoms with van der Waals surface area (Å²) < 4.78 is 12.2. The maximum atomic E-state index is 12.9. The molecule has 0 unspecified atom stereocenters. The topological polar surface area (TPSA) is 123 Å². The number of aryl methyl sites for hydroxylation is 1. The van der Waals surface area contributed by atoms with Crippen molar-refractivity contribution in [3.8, 4) is 11.1 Å². The third kappa shape index (κ3) is 4.47. The highest BCUT2D eigenvalue weighted by Crippen LogP contribution is 2.44. The number of amides is 2. The molecular weight excluding hydrogens is 452 g/mol. The normalized spacial score (nSPS) is 14.7. The number of nitrogens with one attached hydrogen (secondary N) is 1. The number of likely N-dealkylation sites (tertiary alicyclic amines) is 1. The molecule has 1 aliphatic heterocycles. The van der Waals surface area contributed by atoms with Gasteiger partial charge in [-0.05, 0) is 22.3 Å². The Morgan fingerprint density at radius 3 is 2.31 bits per heavy atom. The number of anilines is 1. The van der Waals surface area contributed by atoms with Crippen LogP contribution in [-0.4, -0.2) is 70.2 Å². The van der Waals surface area contributed by atoms with Crippen LogP contribution >= 0.6 is 0 Å². The van der Waals surface area contributed by atoms with Gasteiger partial charge in [0.15, 0.2) is 5.82 Å². The molecule has 10 heteroatoms. The molecular formula is C25H24N4O6. The minimum absolute atomic E-state index is 0.0817. The molecule has 10 nitrogen and oxygen atoms in total. The SMILES string of the molecule is Cn1cc(C(=O)N2CC(OCC(=O)O)C2)c(NC(=O)OCC2c3ccccc3-c3ccccc32)n1. The fraction of sp³-hybridized carbons (Fsp3) is 0.280. The van der Waals surface area contributed by atoms with Crippen LogP contribution in [0.3, 0.4) is 0 Å². The fourth-order valence-electron chi connectivity index (χ4n) is 4.54. The van der Waals surface area contributed by atoms with E-state index in [1.54, 1.807) is 7.05 Å². The smallest absolute Gasteiger partial charge is 0.412 e. The molecule has 5 rings (SSSR count). The second-order valence-electron chi connectivity index (χ2n) is 8.55. The maximum Gasteiger partial charge on any atom is 0.412 e. The summed E-state index contributed by atoms with van der Waals surface area (Å²) in [5.74, 6) is -1.37. The van der Waals surface area contributed by atoms with E-state index < -0.39 is 18.7 Å². The van der Waals surface area contributed by atoms with Crippen molar-refractivity contribution in [3.63, 3.8) is 0 Å². The summed E-state index contributed by atoms with van der Waals surface area (Å²) >= 11 is 0. The number of aromatic nitrogens is 2. The number of carboxylic acids is 1. The van der Waals surface area contributed by atoms with Crippen molar-refractivity contribution in [3.05, 3.63) is 71.4 Å². The van der Waals surface area contributed by atoms with Crippen molar-refractivity contribution >= 4 is 23.8 Å². The lowest BCUT2D eigenvalue weighted by Crippen LogP contribution is -2.55. The van der Waals surface area contributed by atoms with Gasteiger partial charge in [-0.25, -0.2) is 9.59 Å². The lowest BCUT2D eigenvalue weighted by molar-refractivity contribution is -0.147. The summed E-state index contributed by atoms with van der Waals surface area (Å²) in [6, 6.07) is 16.1. The first-order valence-electron chi connectivity index (χ1n) is 11.2. The van der Waals surface area contributed by atoms with Gasteiger partial charge in [0.05, 0.1) is 6.10 Å². The quantitative estimate of drug-likeness (QED) is 0.537. The van der Waals surface area contributed by atoms with E-state index in [0.29, 0.717) is 0 Å². The van der Waals surface area contributed by atoms with Crippen LogP contribution in [0.5, 0.6) is 0 Å². The molecule has 2 aliphatic rings. The van der Waals surface area contributed by atoms with Crippen molar-refractivity contribution in [2.45, 2.75) is 12.0 Å². The summed E-state index contributed by atoms with van der Waals surface area (Å²) in [7, 11) is 1.65. The van der Waals surface area contributed by atoms with E-state index in [-0.39, 0.29) is 49.0 Å². The zero-order valence-electron chi connectivity index (χ0n) is 19.0. The molecule has 35 heavy (non-hydrogen) atoms. The summed E-state index contributed by atoms with van der Waals surface area (Å²) in [5.41, 5.74) is 4.70.